The second-order valence-electron chi connectivity index (χ2n) is 4.22. The highest BCUT2D eigenvalue weighted by Gasteiger charge is 2.25. The Morgan fingerprint density at radius 1 is 1.38 bits per heavy atom. The molecule has 6 heteroatoms. The van der Waals surface area contributed by atoms with Crippen LogP contribution >= 0.6 is 0 Å². The molecule has 16 heavy (non-hydrogen) atoms. The first-order valence-electron chi connectivity index (χ1n) is 5.21. The maximum Gasteiger partial charge on any atom is 0.156 e. The summed E-state index contributed by atoms with van der Waals surface area (Å²) in [6.07, 6.45) is 0.517. The van der Waals surface area contributed by atoms with Gasteiger partial charge in [-0.15, -0.1) is 0 Å². The summed E-state index contributed by atoms with van der Waals surface area (Å²) in [7, 11) is -2.99. The van der Waals surface area contributed by atoms with Crippen LogP contribution in [0.5, 0.6) is 0 Å². The SMILES string of the molecule is Cc1nc(C(C)N)nc2c1CCS(=O)(=O)C2. The molecule has 2 heterocycles. The Balaban J connectivity index is 2.54. The maximum absolute atomic E-state index is 11.5. The molecule has 0 fully saturated rings. The lowest BCUT2D eigenvalue weighted by molar-refractivity contribution is 0.588. The number of sulfone groups is 1. The molecule has 1 atom stereocenters. The van der Waals surface area contributed by atoms with E-state index in [1.54, 1.807) is 6.92 Å². The largest absolute Gasteiger partial charge is 0.322 e. The van der Waals surface area contributed by atoms with Crippen LogP contribution in [0.1, 0.15) is 35.7 Å². The third-order valence-corrected chi connectivity index (χ3v) is 4.28. The number of hydrogen-bond donors (Lipinski definition) is 1. The number of aromatic nitrogens is 2. The van der Waals surface area contributed by atoms with Crippen molar-refractivity contribution >= 4 is 9.84 Å². The fourth-order valence-corrected chi connectivity index (χ4v) is 3.18. The fraction of sp³-hybridized carbons (Fsp3) is 0.600. The van der Waals surface area contributed by atoms with Gasteiger partial charge in [0.2, 0.25) is 0 Å². The number of nitrogens with zero attached hydrogens (tertiary/aromatic N) is 2. The molecule has 0 radical (unpaired) electrons. The molecule has 2 N–H and O–H groups in total. The number of nitrogens with two attached hydrogens (primary N) is 1. The van der Waals surface area contributed by atoms with Crippen molar-refractivity contribution in [2.45, 2.75) is 32.1 Å². The van der Waals surface area contributed by atoms with Gasteiger partial charge in [0, 0.05) is 5.69 Å². The highest BCUT2D eigenvalue weighted by Crippen LogP contribution is 2.22. The number of hydrogen-bond acceptors (Lipinski definition) is 5. The van der Waals surface area contributed by atoms with E-state index in [9.17, 15) is 8.42 Å². The molecule has 0 bridgehead atoms. The summed E-state index contributed by atoms with van der Waals surface area (Å²) < 4.78 is 23.0. The second kappa shape index (κ2) is 3.78. The highest BCUT2D eigenvalue weighted by atomic mass is 32.2. The molecule has 1 aromatic rings. The summed E-state index contributed by atoms with van der Waals surface area (Å²) in [5, 5.41) is 0. The molecule has 0 spiro atoms. The van der Waals surface area contributed by atoms with Gasteiger partial charge in [0.05, 0.1) is 23.2 Å². The van der Waals surface area contributed by atoms with Crippen molar-refractivity contribution < 1.29 is 8.42 Å². The third kappa shape index (κ3) is 2.08. The summed E-state index contributed by atoms with van der Waals surface area (Å²) >= 11 is 0. The number of fused-ring (bicyclic) bond motifs is 1. The number of rotatable bonds is 1. The van der Waals surface area contributed by atoms with E-state index in [0.29, 0.717) is 17.9 Å². The summed E-state index contributed by atoms with van der Waals surface area (Å²) in [6, 6.07) is -0.270. The molecule has 5 nitrogen and oxygen atoms in total. The topological polar surface area (TPSA) is 85.9 Å². The standard InChI is InChI=1S/C10H15N3O2S/c1-6(11)10-12-7(2)8-3-4-16(14,15)5-9(8)13-10/h6H,3-5,11H2,1-2H3. The molecule has 0 amide bonds. The molecule has 2 rings (SSSR count). The summed E-state index contributed by atoms with van der Waals surface area (Å²) in [5.74, 6) is 0.737. The Labute approximate surface area is 95.0 Å². The Kier molecular flexibility index (Phi) is 2.71. The van der Waals surface area contributed by atoms with Gasteiger partial charge in [0.1, 0.15) is 5.82 Å². The first-order chi connectivity index (χ1) is 7.39. The Hall–Kier alpha value is -1.01. The van der Waals surface area contributed by atoms with Gasteiger partial charge < -0.3 is 5.73 Å². The van der Waals surface area contributed by atoms with Gasteiger partial charge in [-0.25, -0.2) is 18.4 Å². The van der Waals surface area contributed by atoms with E-state index in [4.69, 9.17) is 5.73 Å². The monoisotopic (exact) mass is 241 g/mol. The van der Waals surface area contributed by atoms with E-state index in [1.165, 1.54) is 0 Å². The molecule has 88 valence electrons. The van der Waals surface area contributed by atoms with Crippen LogP contribution in [-0.2, 0) is 22.0 Å². The minimum Gasteiger partial charge on any atom is -0.322 e. The predicted molar refractivity (Wildman–Crippen MR) is 60.6 cm³/mol. The second-order valence-corrected chi connectivity index (χ2v) is 6.41. The minimum absolute atomic E-state index is 0.0193. The zero-order chi connectivity index (χ0) is 11.9. The molecule has 0 saturated carbocycles. The van der Waals surface area contributed by atoms with Gasteiger partial charge in [-0.05, 0) is 25.8 Å². The Morgan fingerprint density at radius 3 is 2.69 bits per heavy atom. The molecule has 1 aliphatic heterocycles. The van der Waals surface area contributed by atoms with Crippen molar-refractivity contribution in [3.05, 3.63) is 22.8 Å². The smallest absolute Gasteiger partial charge is 0.156 e. The van der Waals surface area contributed by atoms with Crippen molar-refractivity contribution in [2.75, 3.05) is 5.75 Å². The molecular weight excluding hydrogens is 226 g/mol. The van der Waals surface area contributed by atoms with Crippen LogP contribution in [-0.4, -0.2) is 24.1 Å². The summed E-state index contributed by atoms with van der Waals surface area (Å²) in [5.41, 5.74) is 8.16. The lowest BCUT2D eigenvalue weighted by atomic mass is 10.1. The number of aryl methyl sites for hydroxylation is 1. The average Bonchev–Trinajstić information content (AvgIpc) is 2.14. The first-order valence-corrected chi connectivity index (χ1v) is 7.03. The van der Waals surface area contributed by atoms with Gasteiger partial charge in [-0.2, -0.15) is 0 Å². The van der Waals surface area contributed by atoms with Crippen molar-refractivity contribution in [1.29, 1.82) is 0 Å². The van der Waals surface area contributed by atoms with Gasteiger partial charge in [-0.1, -0.05) is 0 Å². The fourth-order valence-electron chi connectivity index (χ4n) is 1.87. The van der Waals surface area contributed by atoms with Gasteiger partial charge in [-0.3, -0.25) is 0 Å². The molecular formula is C10H15N3O2S. The molecule has 0 saturated heterocycles. The zero-order valence-corrected chi connectivity index (χ0v) is 10.2. The van der Waals surface area contributed by atoms with Gasteiger partial charge >= 0.3 is 0 Å². The van der Waals surface area contributed by atoms with Crippen molar-refractivity contribution in [2.24, 2.45) is 5.73 Å². The van der Waals surface area contributed by atoms with E-state index in [1.807, 2.05) is 6.92 Å². The van der Waals surface area contributed by atoms with Crippen LogP contribution in [0.2, 0.25) is 0 Å². The highest BCUT2D eigenvalue weighted by molar-refractivity contribution is 7.90. The van der Waals surface area contributed by atoms with Crippen molar-refractivity contribution in [3.63, 3.8) is 0 Å². The quantitative estimate of drug-likeness (QED) is 0.763. The molecule has 1 aliphatic rings. The van der Waals surface area contributed by atoms with Gasteiger partial charge in [0.15, 0.2) is 9.84 Å². The predicted octanol–water partition coefficient (Wildman–Crippen LogP) is 0.276. The van der Waals surface area contributed by atoms with E-state index in [-0.39, 0.29) is 17.5 Å². The van der Waals surface area contributed by atoms with Crippen LogP contribution in [0.4, 0.5) is 0 Å². The van der Waals surface area contributed by atoms with Crippen molar-refractivity contribution in [1.82, 2.24) is 9.97 Å². The van der Waals surface area contributed by atoms with Crippen LogP contribution < -0.4 is 5.73 Å². The van der Waals surface area contributed by atoms with Crippen LogP contribution in [0.3, 0.4) is 0 Å². The molecule has 0 aliphatic carbocycles. The van der Waals surface area contributed by atoms with E-state index >= 15 is 0 Å². The molecule has 1 aromatic heterocycles. The van der Waals surface area contributed by atoms with Crippen LogP contribution in [0.25, 0.3) is 0 Å². The van der Waals surface area contributed by atoms with Crippen molar-refractivity contribution in [3.8, 4) is 0 Å². The average molecular weight is 241 g/mol. The minimum atomic E-state index is -2.99. The normalized spacial score (nSPS) is 20.2. The zero-order valence-electron chi connectivity index (χ0n) is 9.40. The summed E-state index contributed by atoms with van der Waals surface area (Å²) in [4.78, 5) is 8.56. The Morgan fingerprint density at radius 2 is 2.06 bits per heavy atom. The van der Waals surface area contributed by atoms with Crippen LogP contribution in [0, 0.1) is 6.92 Å². The Bertz CT molecular complexity index is 523. The van der Waals surface area contributed by atoms with E-state index in [0.717, 1.165) is 11.3 Å². The lowest BCUT2D eigenvalue weighted by Gasteiger charge is -2.18. The molecule has 1 unspecified atom stereocenters. The lowest BCUT2D eigenvalue weighted by Crippen LogP contribution is -2.24. The third-order valence-electron chi connectivity index (χ3n) is 2.74. The van der Waals surface area contributed by atoms with Crippen LogP contribution in [0.15, 0.2) is 0 Å². The summed E-state index contributed by atoms with van der Waals surface area (Å²) in [6.45, 7) is 3.67. The maximum atomic E-state index is 11.5. The van der Waals surface area contributed by atoms with E-state index < -0.39 is 9.84 Å². The van der Waals surface area contributed by atoms with E-state index in [2.05, 4.69) is 9.97 Å². The molecule has 0 aromatic carbocycles. The van der Waals surface area contributed by atoms with Gasteiger partial charge in [0.25, 0.3) is 0 Å². The first kappa shape index (κ1) is 11.5.